The normalized spacial score (nSPS) is 10.7. The first kappa shape index (κ1) is 13.0. The van der Waals surface area contributed by atoms with Gasteiger partial charge in [0.15, 0.2) is 5.65 Å². The average molecular weight is 379 g/mol. The molecule has 0 unspecified atom stereocenters. The Kier molecular flexibility index (Phi) is 3.39. The topological polar surface area (TPSA) is 67.9 Å². The van der Waals surface area contributed by atoms with Crippen molar-refractivity contribution in [2.75, 3.05) is 7.11 Å². The lowest BCUT2D eigenvalue weighted by atomic mass is 10.1. The second-order valence-corrected chi connectivity index (χ2v) is 5.31. The number of rotatable bonds is 2. The number of hydrogen-bond acceptors (Lipinski definition) is 4. The predicted molar refractivity (Wildman–Crippen MR) is 83.4 cm³/mol. The Labute approximate surface area is 128 Å². The number of ether oxygens (including phenoxy) is 1. The maximum atomic E-state index is 11.4. The van der Waals surface area contributed by atoms with Crippen molar-refractivity contribution in [1.82, 2.24) is 15.0 Å². The minimum Gasteiger partial charge on any atom is -0.465 e. The van der Waals surface area contributed by atoms with Crippen molar-refractivity contribution in [2.24, 2.45) is 0 Å². The van der Waals surface area contributed by atoms with Gasteiger partial charge < -0.3 is 9.72 Å². The first-order valence-electron chi connectivity index (χ1n) is 5.88. The molecule has 0 radical (unpaired) electrons. The molecule has 2 heterocycles. The van der Waals surface area contributed by atoms with Crippen molar-refractivity contribution in [3.63, 3.8) is 0 Å². The van der Waals surface area contributed by atoms with Gasteiger partial charge in [0.25, 0.3) is 0 Å². The van der Waals surface area contributed by atoms with Gasteiger partial charge in [-0.1, -0.05) is 12.1 Å². The van der Waals surface area contributed by atoms with E-state index in [2.05, 4.69) is 42.3 Å². The van der Waals surface area contributed by atoms with Crippen LogP contribution >= 0.6 is 22.6 Å². The molecule has 5 nitrogen and oxygen atoms in total. The van der Waals surface area contributed by atoms with E-state index in [0.717, 1.165) is 20.5 Å². The minimum absolute atomic E-state index is 0.350. The van der Waals surface area contributed by atoms with Crippen molar-refractivity contribution in [2.45, 2.75) is 0 Å². The van der Waals surface area contributed by atoms with Crippen molar-refractivity contribution in [3.05, 3.63) is 45.7 Å². The summed E-state index contributed by atoms with van der Waals surface area (Å²) in [5.74, 6) is 0.380. The van der Waals surface area contributed by atoms with Gasteiger partial charge in [-0.05, 0) is 40.8 Å². The second-order valence-electron chi connectivity index (χ2n) is 4.15. The number of benzene rings is 1. The monoisotopic (exact) mass is 379 g/mol. The molecule has 6 heteroatoms. The largest absolute Gasteiger partial charge is 0.465 e. The third-order valence-corrected chi connectivity index (χ3v) is 3.82. The second kappa shape index (κ2) is 5.20. The van der Waals surface area contributed by atoms with Gasteiger partial charge in [-0.3, -0.25) is 0 Å². The van der Waals surface area contributed by atoms with Gasteiger partial charge >= 0.3 is 5.97 Å². The van der Waals surface area contributed by atoms with E-state index in [0.29, 0.717) is 11.2 Å². The molecule has 0 spiro atoms. The molecule has 100 valence electrons. The molecular weight excluding hydrogens is 369 g/mol. The number of nitrogens with one attached hydrogen (secondary N) is 1. The zero-order chi connectivity index (χ0) is 14.1. The van der Waals surface area contributed by atoms with Crippen LogP contribution in [0.5, 0.6) is 0 Å². The number of H-pyrrole nitrogens is 1. The predicted octanol–water partition coefficient (Wildman–Crippen LogP) is 3.02. The Bertz CT molecular complexity index is 781. The number of aromatic nitrogens is 3. The maximum Gasteiger partial charge on any atom is 0.337 e. The smallest absolute Gasteiger partial charge is 0.337 e. The molecule has 3 aromatic rings. The van der Waals surface area contributed by atoms with E-state index in [9.17, 15) is 4.79 Å². The lowest BCUT2D eigenvalue weighted by molar-refractivity contribution is 0.0601. The maximum absolute atomic E-state index is 11.4. The lowest BCUT2D eigenvalue weighted by Crippen LogP contribution is -2.00. The number of esters is 1. The standard InChI is InChI=1S/C14H10IN3O2/c1-20-14(19)9-4-2-8(3-5-9)12-17-11-10(15)6-7-16-13(11)18-12/h2-7H,1H3,(H,16,17,18). The van der Waals surface area contributed by atoms with Gasteiger partial charge in [0, 0.05) is 15.3 Å². The molecule has 1 aromatic carbocycles. The van der Waals surface area contributed by atoms with Crippen molar-refractivity contribution >= 4 is 39.7 Å². The fourth-order valence-electron chi connectivity index (χ4n) is 1.90. The van der Waals surface area contributed by atoms with Crippen LogP contribution in [0, 0.1) is 3.57 Å². The molecule has 20 heavy (non-hydrogen) atoms. The Morgan fingerprint density at radius 3 is 2.65 bits per heavy atom. The van der Waals surface area contributed by atoms with Crippen LogP contribution in [0.15, 0.2) is 36.5 Å². The molecular formula is C14H10IN3O2. The Morgan fingerprint density at radius 2 is 2.00 bits per heavy atom. The third kappa shape index (κ3) is 2.26. The number of nitrogens with zero attached hydrogens (tertiary/aromatic N) is 2. The molecule has 0 aliphatic rings. The van der Waals surface area contributed by atoms with Gasteiger partial charge in [-0.2, -0.15) is 0 Å². The molecule has 0 aliphatic carbocycles. The Morgan fingerprint density at radius 1 is 1.25 bits per heavy atom. The van der Waals surface area contributed by atoms with Gasteiger partial charge in [0.1, 0.15) is 5.82 Å². The van der Waals surface area contributed by atoms with E-state index in [1.807, 2.05) is 18.2 Å². The van der Waals surface area contributed by atoms with Crippen LogP contribution in [-0.2, 0) is 4.74 Å². The molecule has 3 rings (SSSR count). The molecule has 0 atom stereocenters. The van der Waals surface area contributed by atoms with Crippen LogP contribution in [0.1, 0.15) is 10.4 Å². The first-order valence-corrected chi connectivity index (χ1v) is 6.96. The fraction of sp³-hybridized carbons (Fsp3) is 0.0714. The molecule has 0 fully saturated rings. The van der Waals surface area contributed by atoms with E-state index in [1.165, 1.54) is 7.11 Å². The summed E-state index contributed by atoms with van der Waals surface area (Å²) >= 11 is 2.24. The molecule has 0 saturated carbocycles. The third-order valence-electron chi connectivity index (χ3n) is 2.92. The number of fused-ring (bicyclic) bond motifs is 1. The highest BCUT2D eigenvalue weighted by Gasteiger charge is 2.10. The van der Waals surface area contributed by atoms with E-state index in [-0.39, 0.29) is 5.97 Å². The summed E-state index contributed by atoms with van der Waals surface area (Å²) in [6, 6.07) is 9.01. The number of carbonyl (C=O) groups is 1. The molecule has 2 aromatic heterocycles. The van der Waals surface area contributed by atoms with Crippen LogP contribution in [0.3, 0.4) is 0 Å². The zero-order valence-corrected chi connectivity index (χ0v) is 12.7. The Hall–Kier alpha value is -1.96. The van der Waals surface area contributed by atoms with Gasteiger partial charge in [0.05, 0.1) is 18.2 Å². The summed E-state index contributed by atoms with van der Waals surface area (Å²) in [5, 5.41) is 0. The van der Waals surface area contributed by atoms with Crippen molar-refractivity contribution in [1.29, 1.82) is 0 Å². The van der Waals surface area contributed by atoms with Gasteiger partial charge in [-0.25, -0.2) is 14.8 Å². The number of carbonyl (C=O) groups excluding carboxylic acids is 1. The van der Waals surface area contributed by atoms with Gasteiger partial charge in [0.2, 0.25) is 0 Å². The number of hydrogen-bond donors (Lipinski definition) is 1. The van der Waals surface area contributed by atoms with Crippen molar-refractivity contribution < 1.29 is 9.53 Å². The average Bonchev–Trinajstić information content (AvgIpc) is 2.92. The fourth-order valence-corrected chi connectivity index (χ4v) is 2.44. The number of halogens is 1. The highest BCUT2D eigenvalue weighted by Crippen LogP contribution is 2.22. The highest BCUT2D eigenvalue weighted by molar-refractivity contribution is 14.1. The molecule has 0 aliphatic heterocycles. The van der Waals surface area contributed by atoms with Crippen LogP contribution in [0.4, 0.5) is 0 Å². The number of pyridine rings is 1. The van der Waals surface area contributed by atoms with Crippen LogP contribution < -0.4 is 0 Å². The molecule has 0 saturated heterocycles. The van der Waals surface area contributed by atoms with E-state index in [1.54, 1.807) is 18.3 Å². The van der Waals surface area contributed by atoms with Gasteiger partial charge in [-0.15, -0.1) is 0 Å². The van der Waals surface area contributed by atoms with Crippen LogP contribution in [0.25, 0.3) is 22.6 Å². The number of imidazole rings is 1. The summed E-state index contributed by atoms with van der Waals surface area (Å²) < 4.78 is 5.74. The number of methoxy groups -OCH3 is 1. The number of aromatic amines is 1. The quantitative estimate of drug-likeness (QED) is 0.549. The minimum atomic E-state index is -0.350. The van der Waals surface area contributed by atoms with Crippen molar-refractivity contribution in [3.8, 4) is 11.4 Å². The first-order chi connectivity index (χ1) is 9.69. The summed E-state index contributed by atoms with van der Waals surface area (Å²) in [6.45, 7) is 0. The summed E-state index contributed by atoms with van der Waals surface area (Å²) in [7, 11) is 1.36. The lowest BCUT2D eigenvalue weighted by Gasteiger charge is -2.00. The summed E-state index contributed by atoms with van der Waals surface area (Å²) in [5.41, 5.74) is 3.01. The van der Waals surface area contributed by atoms with E-state index in [4.69, 9.17) is 0 Å². The molecule has 0 bridgehead atoms. The van der Waals surface area contributed by atoms with Crippen LogP contribution in [-0.4, -0.2) is 28.0 Å². The SMILES string of the molecule is COC(=O)c1ccc(-c2nc3nccc(I)c3[nH]2)cc1. The molecule has 0 amide bonds. The summed E-state index contributed by atoms with van der Waals surface area (Å²) in [6.07, 6.45) is 1.73. The van der Waals surface area contributed by atoms with Crippen LogP contribution in [0.2, 0.25) is 0 Å². The van der Waals surface area contributed by atoms with E-state index >= 15 is 0 Å². The Balaban J connectivity index is 2.02. The highest BCUT2D eigenvalue weighted by atomic mass is 127. The zero-order valence-electron chi connectivity index (χ0n) is 10.6. The summed E-state index contributed by atoms with van der Waals surface area (Å²) in [4.78, 5) is 23.3. The molecule has 1 N–H and O–H groups in total. The van der Waals surface area contributed by atoms with E-state index < -0.39 is 0 Å².